The van der Waals surface area contributed by atoms with E-state index >= 15 is 0 Å². The molecule has 0 aliphatic rings. The predicted molar refractivity (Wildman–Crippen MR) is 107 cm³/mol. The number of carboxylic acids is 1. The van der Waals surface area contributed by atoms with E-state index in [0.717, 1.165) is 6.42 Å². The minimum absolute atomic E-state index is 0.0490. The van der Waals surface area contributed by atoms with Gasteiger partial charge in [0.15, 0.2) is 0 Å². The first-order valence-electron chi connectivity index (χ1n) is 9.73. The van der Waals surface area contributed by atoms with Crippen molar-refractivity contribution in [1.82, 2.24) is 16.0 Å². The van der Waals surface area contributed by atoms with Gasteiger partial charge < -0.3 is 37.6 Å². The molecule has 4 unspecified atom stereocenters. The van der Waals surface area contributed by atoms with Crippen LogP contribution in [0, 0.1) is 5.92 Å². The maximum Gasteiger partial charge on any atom is 0.325 e. The van der Waals surface area contributed by atoms with Crippen molar-refractivity contribution in [3.8, 4) is 0 Å². The van der Waals surface area contributed by atoms with Gasteiger partial charge >= 0.3 is 5.97 Å². The Hall–Kier alpha value is -2.24. The Morgan fingerprint density at radius 2 is 1.45 bits per heavy atom. The summed E-state index contributed by atoms with van der Waals surface area (Å²) in [6.45, 7) is 4.74. The fourth-order valence-electron chi connectivity index (χ4n) is 2.46. The summed E-state index contributed by atoms with van der Waals surface area (Å²) >= 11 is 0. The fraction of sp³-hybridized carbons (Fsp3) is 0.778. The quantitative estimate of drug-likeness (QED) is 0.158. The Kier molecular flexibility index (Phi) is 12.8. The Morgan fingerprint density at radius 1 is 0.897 bits per heavy atom. The number of nitrogens with two attached hydrogens (primary N) is 2. The van der Waals surface area contributed by atoms with Gasteiger partial charge in [0.25, 0.3) is 0 Å². The van der Waals surface area contributed by atoms with E-state index in [1.165, 1.54) is 6.92 Å². The number of nitrogens with one attached hydrogen (secondary N) is 3. The molecule has 0 spiro atoms. The Labute approximate surface area is 171 Å². The molecule has 0 aromatic carbocycles. The molecule has 0 heterocycles. The molecule has 168 valence electrons. The first kappa shape index (κ1) is 26.8. The second-order valence-corrected chi connectivity index (χ2v) is 7.39. The van der Waals surface area contributed by atoms with Gasteiger partial charge in [-0.25, -0.2) is 0 Å². The lowest BCUT2D eigenvalue weighted by Crippen LogP contribution is -2.58. The molecule has 11 heteroatoms. The van der Waals surface area contributed by atoms with Gasteiger partial charge in [0, 0.05) is 0 Å². The average Bonchev–Trinajstić information content (AvgIpc) is 2.64. The number of hydrogen-bond donors (Lipinski definition) is 7. The van der Waals surface area contributed by atoms with Crippen LogP contribution >= 0.6 is 0 Å². The Balaban J connectivity index is 5.01. The highest BCUT2D eigenvalue weighted by Gasteiger charge is 2.29. The highest BCUT2D eigenvalue weighted by Crippen LogP contribution is 2.07. The second-order valence-electron chi connectivity index (χ2n) is 7.39. The second kappa shape index (κ2) is 13.9. The van der Waals surface area contributed by atoms with E-state index in [4.69, 9.17) is 16.6 Å². The number of carbonyl (C=O) groups is 4. The van der Waals surface area contributed by atoms with Crippen molar-refractivity contribution in [2.24, 2.45) is 17.4 Å². The molecule has 0 aliphatic heterocycles. The van der Waals surface area contributed by atoms with Crippen molar-refractivity contribution >= 4 is 23.7 Å². The monoisotopic (exact) mass is 417 g/mol. The van der Waals surface area contributed by atoms with E-state index in [2.05, 4.69) is 16.0 Å². The van der Waals surface area contributed by atoms with Crippen LogP contribution in [0.15, 0.2) is 0 Å². The minimum Gasteiger partial charge on any atom is -0.480 e. The minimum atomic E-state index is -1.35. The van der Waals surface area contributed by atoms with Crippen molar-refractivity contribution in [2.75, 3.05) is 13.2 Å². The number of unbranched alkanes of at least 4 members (excludes halogenated alkanes) is 1. The Bertz CT molecular complexity index is 557. The van der Waals surface area contributed by atoms with Crippen molar-refractivity contribution < 1.29 is 29.4 Å². The molecule has 0 radical (unpaired) electrons. The number of carboxylic acid groups (broad SMARTS) is 1. The smallest absolute Gasteiger partial charge is 0.325 e. The lowest BCUT2D eigenvalue weighted by molar-refractivity contribution is -0.142. The molecule has 0 bridgehead atoms. The summed E-state index contributed by atoms with van der Waals surface area (Å²) in [5.74, 6) is -3.21. The van der Waals surface area contributed by atoms with Crippen LogP contribution in [0.1, 0.15) is 46.5 Å². The largest absolute Gasteiger partial charge is 0.480 e. The zero-order valence-electron chi connectivity index (χ0n) is 17.3. The molecule has 0 fully saturated rings. The zero-order chi connectivity index (χ0) is 22.6. The van der Waals surface area contributed by atoms with Gasteiger partial charge in [-0.3, -0.25) is 19.2 Å². The number of hydrogen-bond acceptors (Lipinski definition) is 7. The van der Waals surface area contributed by atoms with E-state index in [-0.39, 0.29) is 5.92 Å². The van der Waals surface area contributed by atoms with E-state index in [1.54, 1.807) is 0 Å². The number of carbonyl (C=O) groups excluding carboxylic acids is 3. The van der Waals surface area contributed by atoms with Gasteiger partial charge in [0.05, 0.1) is 12.6 Å². The molecule has 11 nitrogen and oxygen atoms in total. The molecule has 0 aliphatic carbocycles. The van der Waals surface area contributed by atoms with Crippen molar-refractivity contribution in [3.63, 3.8) is 0 Å². The summed E-state index contributed by atoms with van der Waals surface area (Å²) in [6.07, 6.45) is 2.13. The average molecular weight is 418 g/mol. The van der Waals surface area contributed by atoms with Crippen molar-refractivity contribution in [1.29, 1.82) is 0 Å². The SMILES string of the molecule is CC(C)CC(NC(=O)C(N)CCCCN)C(=O)NC(CO)C(=O)NC(C)C(=O)O. The molecular weight excluding hydrogens is 382 g/mol. The van der Waals surface area contributed by atoms with E-state index < -0.39 is 54.5 Å². The highest BCUT2D eigenvalue weighted by atomic mass is 16.4. The first-order chi connectivity index (χ1) is 13.5. The van der Waals surface area contributed by atoms with Crippen molar-refractivity contribution in [2.45, 2.75) is 70.6 Å². The molecule has 9 N–H and O–H groups in total. The van der Waals surface area contributed by atoms with Gasteiger partial charge in [0.2, 0.25) is 17.7 Å². The van der Waals surface area contributed by atoms with Crippen LogP contribution in [0.3, 0.4) is 0 Å². The molecule has 29 heavy (non-hydrogen) atoms. The summed E-state index contributed by atoms with van der Waals surface area (Å²) < 4.78 is 0. The maximum atomic E-state index is 12.6. The standard InChI is InChI=1S/C18H35N5O6/c1-10(2)8-13(22-15(25)12(20)6-4-5-7-19)16(26)23-14(9-24)17(27)21-11(3)18(28)29/h10-14,24H,4-9,19-20H2,1-3H3,(H,21,27)(H,22,25)(H,23,26)(H,28,29). The molecule has 3 amide bonds. The lowest BCUT2D eigenvalue weighted by atomic mass is 10.0. The van der Waals surface area contributed by atoms with Crippen LogP contribution in [0.4, 0.5) is 0 Å². The Morgan fingerprint density at radius 3 is 1.93 bits per heavy atom. The number of amides is 3. The lowest BCUT2D eigenvalue weighted by Gasteiger charge is -2.25. The van der Waals surface area contributed by atoms with Crippen LogP contribution in [0.2, 0.25) is 0 Å². The predicted octanol–water partition coefficient (Wildman–Crippen LogP) is -1.96. The third-order valence-corrected chi connectivity index (χ3v) is 4.19. The summed E-state index contributed by atoms with van der Waals surface area (Å²) in [4.78, 5) is 47.8. The number of aliphatic carboxylic acids is 1. The maximum absolute atomic E-state index is 12.6. The van der Waals surface area contributed by atoms with Crippen LogP contribution in [0.5, 0.6) is 0 Å². The third kappa shape index (κ3) is 10.8. The van der Waals surface area contributed by atoms with E-state index in [9.17, 15) is 24.3 Å². The van der Waals surface area contributed by atoms with Gasteiger partial charge in [-0.15, -0.1) is 0 Å². The molecule has 0 rings (SSSR count). The van der Waals surface area contributed by atoms with Crippen LogP contribution in [-0.2, 0) is 19.2 Å². The molecule has 0 aromatic rings. The zero-order valence-corrected chi connectivity index (χ0v) is 17.3. The van der Waals surface area contributed by atoms with E-state index in [0.29, 0.717) is 25.8 Å². The van der Waals surface area contributed by atoms with Gasteiger partial charge in [-0.05, 0) is 38.6 Å². The molecule has 0 saturated heterocycles. The fourth-order valence-corrected chi connectivity index (χ4v) is 2.46. The van der Waals surface area contributed by atoms with E-state index in [1.807, 2.05) is 13.8 Å². The molecule has 0 saturated carbocycles. The highest BCUT2D eigenvalue weighted by molar-refractivity contribution is 5.94. The summed E-state index contributed by atoms with van der Waals surface area (Å²) in [7, 11) is 0. The van der Waals surface area contributed by atoms with Gasteiger partial charge in [0.1, 0.15) is 18.1 Å². The summed E-state index contributed by atoms with van der Waals surface area (Å²) in [6, 6.07) is -4.29. The van der Waals surface area contributed by atoms with Gasteiger partial charge in [-0.2, -0.15) is 0 Å². The molecule has 4 atom stereocenters. The third-order valence-electron chi connectivity index (χ3n) is 4.19. The summed E-state index contributed by atoms with van der Waals surface area (Å²) in [5.41, 5.74) is 11.3. The number of rotatable bonds is 14. The van der Waals surface area contributed by atoms with Crippen molar-refractivity contribution in [3.05, 3.63) is 0 Å². The molecular formula is C18H35N5O6. The normalized spacial score (nSPS) is 15.1. The van der Waals surface area contributed by atoms with Crippen LogP contribution in [-0.4, -0.2) is 71.2 Å². The topological polar surface area (TPSA) is 197 Å². The van der Waals surface area contributed by atoms with Crippen LogP contribution < -0.4 is 27.4 Å². The van der Waals surface area contributed by atoms with Crippen LogP contribution in [0.25, 0.3) is 0 Å². The molecule has 0 aromatic heterocycles. The first-order valence-corrected chi connectivity index (χ1v) is 9.73. The number of aliphatic hydroxyl groups excluding tert-OH is 1. The summed E-state index contributed by atoms with van der Waals surface area (Å²) in [5, 5.41) is 25.4. The number of aliphatic hydroxyl groups is 1. The van der Waals surface area contributed by atoms with Gasteiger partial charge in [-0.1, -0.05) is 20.3 Å².